The van der Waals surface area contributed by atoms with Gasteiger partial charge in [0.2, 0.25) is 5.95 Å². The van der Waals surface area contributed by atoms with E-state index in [-0.39, 0.29) is 5.69 Å². The van der Waals surface area contributed by atoms with Gasteiger partial charge in [0.15, 0.2) is 5.69 Å². The van der Waals surface area contributed by atoms with Gasteiger partial charge < -0.3 is 10.4 Å². The van der Waals surface area contributed by atoms with Crippen LogP contribution in [0.1, 0.15) is 36.2 Å². The highest BCUT2D eigenvalue weighted by Gasteiger charge is 2.41. The van der Waals surface area contributed by atoms with E-state index in [2.05, 4.69) is 15.3 Å². The lowest BCUT2D eigenvalue weighted by Crippen LogP contribution is -2.25. The molecule has 2 N–H and O–H groups in total. The number of nitrogens with zero attached hydrogens (tertiary/aromatic N) is 2. The Morgan fingerprint density at radius 2 is 2.00 bits per heavy atom. The van der Waals surface area contributed by atoms with E-state index in [1.807, 2.05) is 0 Å². The average Bonchev–Trinajstić information content (AvgIpc) is 3.16. The van der Waals surface area contributed by atoms with E-state index >= 15 is 0 Å². The van der Waals surface area contributed by atoms with Crippen molar-refractivity contribution in [2.75, 3.05) is 5.32 Å². The number of nitrogens with one attached hydrogen (secondary N) is 1. The Balaban J connectivity index is 1.74. The van der Waals surface area contributed by atoms with E-state index in [9.17, 15) is 4.79 Å². The maximum atomic E-state index is 10.8. The lowest BCUT2D eigenvalue weighted by atomic mass is 10.1. The molecule has 0 unspecified atom stereocenters. The predicted octanol–water partition coefficient (Wildman–Crippen LogP) is 1.78. The van der Waals surface area contributed by atoms with E-state index in [1.54, 1.807) is 0 Å². The molecule has 0 radical (unpaired) electrons. The van der Waals surface area contributed by atoms with Crippen molar-refractivity contribution in [3.05, 3.63) is 18.0 Å². The molecule has 0 aliphatic heterocycles. The summed E-state index contributed by atoms with van der Waals surface area (Å²) >= 11 is 0. The van der Waals surface area contributed by atoms with Crippen LogP contribution in [0.5, 0.6) is 0 Å². The van der Waals surface area contributed by atoms with Crippen molar-refractivity contribution in [3.63, 3.8) is 0 Å². The van der Waals surface area contributed by atoms with Gasteiger partial charge in [-0.15, -0.1) is 0 Å². The highest BCUT2D eigenvalue weighted by atomic mass is 16.4. The zero-order valence-electron chi connectivity index (χ0n) is 9.47. The molecule has 0 amide bonds. The van der Waals surface area contributed by atoms with Gasteiger partial charge in [-0.3, -0.25) is 0 Å². The van der Waals surface area contributed by atoms with Gasteiger partial charge in [0.1, 0.15) is 0 Å². The second-order valence-corrected chi connectivity index (χ2v) is 4.92. The van der Waals surface area contributed by atoms with Gasteiger partial charge >= 0.3 is 5.97 Å². The van der Waals surface area contributed by atoms with Crippen molar-refractivity contribution in [3.8, 4) is 0 Å². The summed E-state index contributed by atoms with van der Waals surface area (Å²) < 4.78 is 0. The Hall–Kier alpha value is -1.65. The number of carboxylic acid groups (broad SMARTS) is 1. The number of anilines is 1. The van der Waals surface area contributed by atoms with Crippen molar-refractivity contribution in [1.29, 1.82) is 0 Å². The first-order valence-corrected chi connectivity index (χ1v) is 6.07. The number of carboxylic acids is 1. The molecular formula is C12H15N3O2. The van der Waals surface area contributed by atoms with Crippen molar-refractivity contribution in [2.24, 2.45) is 11.8 Å². The SMILES string of the molecule is O=C(O)c1ccnc(NC(C2CC2)C2CC2)n1. The molecule has 0 aromatic carbocycles. The van der Waals surface area contributed by atoms with Gasteiger partial charge in [-0.1, -0.05) is 0 Å². The van der Waals surface area contributed by atoms with Crippen molar-refractivity contribution >= 4 is 11.9 Å². The Labute approximate surface area is 99.3 Å². The van der Waals surface area contributed by atoms with Crippen molar-refractivity contribution in [2.45, 2.75) is 31.7 Å². The van der Waals surface area contributed by atoms with Crippen LogP contribution < -0.4 is 5.32 Å². The fourth-order valence-corrected chi connectivity index (χ4v) is 2.23. The topological polar surface area (TPSA) is 75.1 Å². The minimum Gasteiger partial charge on any atom is -0.477 e. The molecular weight excluding hydrogens is 218 g/mol. The van der Waals surface area contributed by atoms with Crippen LogP contribution in [0.25, 0.3) is 0 Å². The smallest absolute Gasteiger partial charge is 0.354 e. The second kappa shape index (κ2) is 3.98. The largest absolute Gasteiger partial charge is 0.477 e. The molecule has 90 valence electrons. The summed E-state index contributed by atoms with van der Waals surface area (Å²) in [7, 11) is 0. The Bertz CT molecular complexity index is 429. The van der Waals surface area contributed by atoms with Crippen LogP contribution >= 0.6 is 0 Å². The zero-order valence-corrected chi connectivity index (χ0v) is 9.47. The molecule has 0 saturated heterocycles. The van der Waals surface area contributed by atoms with Crippen molar-refractivity contribution in [1.82, 2.24) is 9.97 Å². The number of rotatable bonds is 5. The highest BCUT2D eigenvalue weighted by Crippen LogP contribution is 2.45. The molecule has 1 aromatic rings. The van der Waals surface area contributed by atoms with Gasteiger partial charge in [-0.2, -0.15) is 0 Å². The first kappa shape index (κ1) is 10.5. The summed E-state index contributed by atoms with van der Waals surface area (Å²) in [6.07, 6.45) is 6.58. The molecule has 0 atom stereocenters. The Kier molecular flexibility index (Phi) is 2.46. The lowest BCUT2D eigenvalue weighted by molar-refractivity contribution is 0.0690. The maximum Gasteiger partial charge on any atom is 0.354 e. The fraction of sp³-hybridized carbons (Fsp3) is 0.583. The lowest BCUT2D eigenvalue weighted by Gasteiger charge is -2.17. The summed E-state index contributed by atoms with van der Waals surface area (Å²) in [6.45, 7) is 0. The quantitative estimate of drug-likeness (QED) is 0.810. The molecule has 5 heteroatoms. The number of aromatic nitrogens is 2. The van der Waals surface area contributed by atoms with Crippen LogP contribution in [-0.2, 0) is 0 Å². The maximum absolute atomic E-state index is 10.8. The molecule has 1 aromatic heterocycles. The Morgan fingerprint density at radius 1 is 1.35 bits per heavy atom. The summed E-state index contributed by atoms with van der Waals surface area (Å²) in [5.41, 5.74) is 0.0489. The van der Waals surface area contributed by atoms with Gasteiger partial charge in [-0.05, 0) is 43.6 Å². The molecule has 0 spiro atoms. The molecule has 2 aliphatic carbocycles. The van der Waals surface area contributed by atoms with Gasteiger partial charge in [-0.25, -0.2) is 14.8 Å². The monoisotopic (exact) mass is 233 g/mol. The molecule has 17 heavy (non-hydrogen) atoms. The minimum atomic E-state index is -1.01. The highest BCUT2D eigenvalue weighted by molar-refractivity contribution is 5.85. The molecule has 5 nitrogen and oxygen atoms in total. The summed E-state index contributed by atoms with van der Waals surface area (Å²) in [5, 5.41) is 12.2. The number of hydrogen-bond acceptors (Lipinski definition) is 4. The third-order valence-electron chi connectivity index (χ3n) is 3.43. The summed E-state index contributed by atoms with van der Waals surface area (Å²) in [4.78, 5) is 18.9. The van der Waals surface area contributed by atoms with E-state index < -0.39 is 5.97 Å². The van der Waals surface area contributed by atoms with Gasteiger partial charge in [0.05, 0.1) is 0 Å². The third-order valence-corrected chi connectivity index (χ3v) is 3.43. The molecule has 0 bridgehead atoms. The molecule has 2 aliphatic rings. The summed E-state index contributed by atoms with van der Waals surface area (Å²) in [5.74, 6) is 0.915. The average molecular weight is 233 g/mol. The number of carbonyl (C=O) groups is 1. The molecule has 2 fully saturated rings. The molecule has 3 rings (SSSR count). The van der Waals surface area contributed by atoms with Crippen LogP contribution in [-0.4, -0.2) is 27.1 Å². The second-order valence-electron chi connectivity index (χ2n) is 4.92. The molecule has 1 heterocycles. The van der Waals surface area contributed by atoms with E-state index in [4.69, 9.17) is 5.11 Å². The Morgan fingerprint density at radius 3 is 2.53 bits per heavy atom. The first-order chi connectivity index (χ1) is 8.24. The number of hydrogen-bond donors (Lipinski definition) is 2. The van der Waals surface area contributed by atoms with Gasteiger partial charge in [0, 0.05) is 12.2 Å². The zero-order chi connectivity index (χ0) is 11.8. The molecule has 2 saturated carbocycles. The standard InChI is InChI=1S/C12H15N3O2/c16-11(17)9-5-6-13-12(14-9)15-10(7-1-2-7)8-3-4-8/h5-8,10H,1-4H2,(H,16,17)(H,13,14,15). The van der Waals surface area contributed by atoms with E-state index in [1.165, 1.54) is 37.9 Å². The summed E-state index contributed by atoms with van der Waals surface area (Å²) in [6, 6.07) is 1.86. The van der Waals surface area contributed by atoms with Crippen LogP contribution in [0.15, 0.2) is 12.3 Å². The normalized spacial score (nSPS) is 19.4. The van der Waals surface area contributed by atoms with Crippen LogP contribution in [0.4, 0.5) is 5.95 Å². The first-order valence-electron chi connectivity index (χ1n) is 6.07. The predicted molar refractivity (Wildman–Crippen MR) is 61.9 cm³/mol. The van der Waals surface area contributed by atoms with E-state index in [0.29, 0.717) is 12.0 Å². The van der Waals surface area contributed by atoms with Crippen LogP contribution in [0, 0.1) is 11.8 Å². The number of aromatic carboxylic acids is 1. The van der Waals surface area contributed by atoms with Crippen LogP contribution in [0.3, 0.4) is 0 Å². The van der Waals surface area contributed by atoms with E-state index in [0.717, 1.165) is 11.8 Å². The van der Waals surface area contributed by atoms with Gasteiger partial charge in [0.25, 0.3) is 0 Å². The van der Waals surface area contributed by atoms with Crippen molar-refractivity contribution < 1.29 is 9.90 Å². The fourth-order valence-electron chi connectivity index (χ4n) is 2.23. The minimum absolute atomic E-state index is 0.0489. The third kappa shape index (κ3) is 2.38. The van der Waals surface area contributed by atoms with Crippen LogP contribution in [0.2, 0.25) is 0 Å².